The molecule has 0 aliphatic carbocycles. The van der Waals surface area contributed by atoms with Crippen LogP contribution >= 0.6 is 0 Å². The second kappa shape index (κ2) is 9.00. The highest BCUT2D eigenvalue weighted by atomic mass is 19.1. The molecule has 2 atom stereocenters. The lowest BCUT2D eigenvalue weighted by Crippen LogP contribution is -2.41. The van der Waals surface area contributed by atoms with Gasteiger partial charge in [-0.05, 0) is 50.2 Å². The summed E-state index contributed by atoms with van der Waals surface area (Å²) >= 11 is 0. The average molecular weight is 493 g/mol. The van der Waals surface area contributed by atoms with Crippen LogP contribution in [0.5, 0.6) is 5.75 Å². The van der Waals surface area contributed by atoms with Crippen molar-refractivity contribution in [3.63, 3.8) is 0 Å². The van der Waals surface area contributed by atoms with Gasteiger partial charge < -0.3 is 26.6 Å². The van der Waals surface area contributed by atoms with Gasteiger partial charge in [0.1, 0.15) is 34.9 Å². The molecule has 0 spiro atoms. The van der Waals surface area contributed by atoms with Crippen LogP contribution in [0, 0.1) is 5.82 Å². The molecule has 3 amide bonds. The van der Waals surface area contributed by atoms with Crippen LogP contribution in [0.2, 0.25) is 0 Å². The van der Waals surface area contributed by atoms with Gasteiger partial charge in [0, 0.05) is 23.5 Å². The van der Waals surface area contributed by atoms with E-state index in [1.165, 1.54) is 55.7 Å². The molecule has 1 aliphatic rings. The van der Waals surface area contributed by atoms with E-state index in [-0.39, 0.29) is 35.7 Å². The van der Waals surface area contributed by atoms with Crippen molar-refractivity contribution >= 4 is 17.7 Å². The largest absolute Gasteiger partial charge is 0.489 e. The molecule has 10 nitrogen and oxygen atoms in total. The Balaban J connectivity index is 1.70. The van der Waals surface area contributed by atoms with Crippen LogP contribution < -0.4 is 21.5 Å². The zero-order valence-electron chi connectivity index (χ0n) is 19.5. The number of carbonyl (C=O) groups excluding carboxylic acids is 3. The zero-order chi connectivity index (χ0) is 26.3. The van der Waals surface area contributed by atoms with Crippen LogP contribution in [-0.4, -0.2) is 45.9 Å². The van der Waals surface area contributed by atoms with Crippen LogP contribution in [0.25, 0.3) is 11.3 Å². The molecular formula is C25H24FN5O5. The Hall–Kier alpha value is -4.38. The predicted molar refractivity (Wildman–Crippen MR) is 126 cm³/mol. The topological polar surface area (TPSA) is 171 Å². The van der Waals surface area contributed by atoms with Gasteiger partial charge in [-0.3, -0.25) is 19.4 Å². The quantitative estimate of drug-likeness (QED) is 0.382. The SMILES string of the molecule is C[C@](O)(CNC(=O)c1cncc(C(N)=O)c1)c1cc2c(c(-c3ccc(F)cc3)n1)OC[C@]2(C)C(N)=O. The standard InChI is InChI=1S/C25H24FN5O5/c1-24(23(28)34)12-36-20-17(24)8-18(31-19(20)13-3-5-16(26)6-4-13)25(2,35)11-30-22(33)15-7-14(21(27)32)9-29-10-15/h3-10,35H,11-12H2,1-2H3,(H2,27,32)(H2,28,34)(H,30,33)/t24-,25-/m0/s1. The van der Waals surface area contributed by atoms with Crippen molar-refractivity contribution in [3.8, 4) is 17.0 Å². The average Bonchev–Trinajstić information content (AvgIpc) is 3.20. The van der Waals surface area contributed by atoms with Crippen molar-refractivity contribution < 1.29 is 28.6 Å². The highest BCUT2D eigenvalue weighted by Gasteiger charge is 2.45. The van der Waals surface area contributed by atoms with Crippen molar-refractivity contribution in [1.82, 2.24) is 15.3 Å². The van der Waals surface area contributed by atoms with Crippen LogP contribution in [0.15, 0.2) is 48.8 Å². The monoisotopic (exact) mass is 493 g/mol. The number of ether oxygens (including phenoxy) is 1. The number of nitrogens with two attached hydrogens (primary N) is 2. The molecule has 3 heterocycles. The van der Waals surface area contributed by atoms with Gasteiger partial charge in [0.15, 0.2) is 0 Å². The fraction of sp³-hybridized carbons (Fsp3) is 0.240. The highest BCUT2D eigenvalue weighted by molar-refractivity contribution is 5.98. The van der Waals surface area contributed by atoms with E-state index in [0.717, 1.165) is 0 Å². The number of aromatic nitrogens is 2. The lowest BCUT2D eigenvalue weighted by molar-refractivity contribution is -0.123. The van der Waals surface area contributed by atoms with E-state index in [0.29, 0.717) is 16.9 Å². The molecule has 3 aromatic rings. The molecule has 186 valence electrons. The number of nitrogens with one attached hydrogen (secondary N) is 1. The van der Waals surface area contributed by atoms with Gasteiger partial charge in [-0.2, -0.15) is 0 Å². The van der Waals surface area contributed by atoms with E-state index in [1.807, 2.05) is 0 Å². The van der Waals surface area contributed by atoms with E-state index < -0.39 is 34.6 Å². The van der Waals surface area contributed by atoms with Crippen LogP contribution in [-0.2, 0) is 15.8 Å². The molecule has 2 aromatic heterocycles. The molecule has 0 bridgehead atoms. The summed E-state index contributed by atoms with van der Waals surface area (Å²) in [6.07, 6.45) is 2.49. The molecule has 0 saturated carbocycles. The summed E-state index contributed by atoms with van der Waals surface area (Å²) in [4.78, 5) is 44.7. The Morgan fingerprint density at radius 1 is 1.17 bits per heavy atom. The second-order valence-electron chi connectivity index (χ2n) is 9.01. The zero-order valence-corrected chi connectivity index (χ0v) is 19.5. The molecule has 4 rings (SSSR count). The first-order valence-corrected chi connectivity index (χ1v) is 10.9. The van der Waals surface area contributed by atoms with Gasteiger partial charge in [0.2, 0.25) is 11.8 Å². The summed E-state index contributed by atoms with van der Waals surface area (Å²) in [6, 6.07) is 8.31. The van der Waals surface area contributed by atoms with Crippen molar-refractivity contribution in [3.05, 3.63) is 77.0 Å². The van der Waals surface area contributed by atoms with E-state index in [4.69, 9.17) is 16.2 Å². The molecule has 6 N–H and O–H groups in total. The summed E-state index contributed by atoms with van der Waals surface area (Å²) in [5.74, 6) is -2.10. The second-order valence-corrected chi connectivity index (χ2v) is 9.01. The number of nitrogens with zero attached hydrogens (tertiary/aromatic N) is 2. The number of fused-ring (bicyclic) bond motifs is 1. The number of amides is 3. The summed E-state index contributed by atoms with van der Waals surface area (Å²) in [5.41, 5.74) is 9.47. The molecule has 0 radical (unpaired) electrons. The minimum Gasteiger partial charge on any atom is -0.489 e. The fourth-order valence-electron chi connectivity index (χ4n) is 3.81. The third-order valence-electron chi connectivity index (χ3n) is 6.16. The van der Waals surface area contributed by atoms with Crippen molar-refractivity contribution in [2.75, 3.05) is 13.2 Å². The predicted octanol–water partition coefficient (Wildman–Crippen LogP) is 1.15. The Morgan fingerprint density at radius 3 is 2.47 bits per heavy atom. The van der Waals surface area contributed by atoms with E-state index in [1.54, 1.807) is 6.92 Å². The van der Waals surface area contributed by atoms with Gasteiger partial charge in [-0.15, -0.1) is 0 Å². The number of hydrogen-bond acceptors (Lipinski definition) is 7. The lowest BCUT2D eigenvalue weighted by Gasteiger charge is -2.26. The summed E-state index contributed by atoms with van der Waals surface area (Å²) < 4.78 is 19.3. The van der Waals surface area contributed by atoms with Crippen molar-refractivity contribution in [2.24, 2.45) is 11.5 Å². The third-order valence-corrected chi connectivity index (χ3v) is 6.16. The fourth-order valence-corrected chi connectivity index (χ4v) is 3.81. The Bertz CT molecular complexity index is 1380. The number of halogens is 1. The molecule has 0 unspecified atom stereocenters. The van der Waals surface area contributed by atoms with Crippen LogP contribution in [0.4, 0.5) is 4.39 Å². The smallest absolute Gasteiger partial charge is 0.252 e. The molecule has 1 aliphatic heterocycles. The first-order valence-electron chi connectivity index (χ1n) is 10.9. The van der Waals surface area contributed by atoms with Crippen LogP contribution in [0.3, 0.4) is 0 Å². The van der Waals surface area contributed by atoms with Gasteiger partial charge in [0.05, 0.1) is 23.4 Å². The number of carbonyl (C=O) groups is 3. The molecule has 36 heavy (non-hydrogen) atoms. The maximum Gasteiger partial charge on any atom is 0.252 e. The number of hydrogen-bond donors (Lipinski definition) is 4. The number of rotatable bonds is 7. The van der Waals surface area contributed by atoms with Gasteiger partial charge in [0.25, 0.3) is 5.91 Å². The number of primary amides is 2. The normalized spacial score (nSPS) is 18.0. The third kappa shape index (κ3) is 4.48. The molecule has 0 saturated heterocycles. The van der Waals surface area contributed by atoms with E-state index in [2.05, 4.69) is 15.3 Å². The van der Waals surface area contributed by atoms with Gasteiger partial charge in [-0.25, -0.2) is 9.37 Å². The first kappa shape index (κ1) is 24.7. The summed E-state index contributed by atoms with van der Waals surface area (Å²) in [7, 11) is 0. The molecular weight excluding hydrogens is 469 g/mol. The molecule has 0 fully saturated rings. The molecule has 1 aromatic carbocycles. The number of aliphatic hydroxyl groups is 1. The highest BCUT2D eigenvalue weighted by Crippen LogP contribution is 2.45. The Labute approximate surface area is 205 Å². The number of pyridine rings is 2. The van der Waals surface area contributed by atoms with Crippen LogP contribution in [0.1, 0.15) is 45.8 Å². The van der Waals surface area contributed by atoms with E-state index >= 15 is 0 Å². The number of benzene rings is 1. The maximum atomic E-state index is 13.5. The Morgan fingerprint density at radius 2 is 1.83 bits per heavy atom. The first-order chi connectivity index (χ1) is 16.9. The van der Waals surface area contributed by atoms with E-state index in [9.17, 15) is 23.9 Å². The van der Waals surface area contributed by atoms with Crippen molar-refractivity contribution in [2.45, 2.75) is 24.9 Å². The Kier molecular flexibility index (Phi) is 6.19. The van der Waals surface area contributed by atoms with Gasteiger partial charge in [-0.1, -0.05) is 0 Å². The minimum atomic E-state index is -1.71. The maximum absolute atomic E-state index is 13.5. The summed E-state index contributed by atoms with van der Waals surface area (Å²) in [6.45, 7) is 2.75. The minimum absolute atomic E-state index is 0.0287. The van der Waals surface area contributed by atoms with Gasteiger partial charge >= 0.3 is 0 Å². The molecule has 11 heteroatoms. The lowest BCUT2D eigenvalue weighted by atomic mass is 9.82. The summed E-state index contributed by atoms with van der Waals surface area (Å²) in [5, 5.41) is 13.9. The van der Waals surface area contributed by atoms with Crippen molar-refractivity contribution in [1.29, 1.82) is 0 Å².